The molecule has 0 atom stereocenters. The van der Waals surface area contributed by atoms with Crippen molar-refractivity contribution in [1.29, 1.82) is 0 Å². The van der Waals surface area contributed by atoms with Crippen LogP contribution in [-0.4, -0.2) is 39.3 Å². The molecule has 1 saturated heterocycles. The van der Waals surface area contributed by atoms with Crippen molar-refractivity contribution in [2.45, 2.75) is 32.4 Å². The molecule has 0 radical (unpaired) electrons. The molecule has 0 aromatic carbocycles. The summed E-state index contributed by atoms with van der Waals surface area (Å²) >= 11 is 0. The SMILES string of the molecule is Cl.Cl.O=c1ccn(CCN2CCCCC2)c(CO)c1O. The molecule has 1 fully saturated rings. The molecule has 1 aromatic rings. The van der Waals surface area contributed by atoms with Gasteiger partial charge in [0.1, 0.15) is 0 Å². The third-order valence-corrected chi connectivity index (χ3v) is 3.51. The van der Waals surface area contributed by atoms with Gasteiger partial charge in [0.05, 0.1) is 12.3 Å². The first-order valence-electron chi connectivity index (χ1n) is 6.47. The average Bonchev–Trinajstić information content (AvgIpc) is 2.41. The monoisotopic (exact) mass is 324 g/mol. The van der Waals surface area contributed by atoms with Crippen LogP contribution in [0.15, 0.2) is 17.1 Å². The van der Waals surface area contributed by atoms with Crippen LogP contribution in [0.4, 0.5) is 0 Å². The molecular weight excluding hydrogens is 303 g/mol. The Hall–Kier alpha value is -0.750. The fourth-order valence-electron chi connectivity index (χ4n) is 2.41. The maximum absolute atomic E-state index is 11.3. The molecule has 0 aliphatic carbocycles. The minimum Gasteiger partial charge on any atom is -0.503 e. The van der Waals surface area contributed by atoms with Gasteiger partial charge in [0.2, 0.25) is 5.43 Å². The Bertz CT molecular complexity index is 459. The largest absolute Gasteiger partial charge is 0.503 e. The predicted octanol–water partition coefficient (Wildman–Crippen LogP) is 1.38. The smallest absolute Gasteiger partial charge is 0.223 e. The Morgan fingerprint density at radius 2 is 1.75 bits per heavy atom. The molecule has 5 nitrogen and oxygen atoms in total. The van der Waals surface area contributed by atoms with Crippen LogP contribution in [0.25, 0.3) is 0 Å². The van der Waals surface area contributed by atoms with Crippen molar-refractivity contribution in [3.8, 4) is 5.75 Å². The molecule has 0 spiro atoms. The van der Waals surface area contributed by atoms with Crippen molar-refractivity contribution in [3.05, 3.63) is 28.2 Å². The van der Waals surface area contributed by atoms with E-state index >= 15 is 0 Å². The molecule has 0 saturated carbocycles. The molecular formula is C13H22Cl2N2O3. The van der Waals surface area contributed by atoms with Crippen molar-refractivity contribution >= 4 is 24.8 Å². The van der Waals surface area contributed by atoms with Crippen molar-refractivity contribution in [3.63, 3.8) is 0 Å². The highest BCUT2D eigenvalue weighted by atomic mass is 35.5. The van der Waals surface area contributed by atoms with Crippen LogP contribution < -0.4 is 5.43 Å². The van der Waals surface area contributed by atoms with Gasteiger partial charge in [-0.2, -0.15) is 0 Å². The van der Waals surface area contributed by atoms with Gasteiger partial charge in [-0.25, -0.2) is 0 Å². The predicted molar refractivity (Wildman–Crippen MR) is 83.1 cm³/mol. The molecule has 1 aliphatic rings. The third-order valence-electron chi connectivity index (χ3n) is 3.51. The number of halogens is 2. The summed E-state index contributed by atoms with van der Waals surface area (Å²) in [6, 6.07) is 1.34. The number of aliphatic hydroxyl groups is 1. The first-order valence-corrected chi connectivity index (χ1v) is 6.47. The third kappa shape index (κ3) is 4.66. The molecule has 7 heteroatoms. The number of aliphatic hydroxyl groups excluding tert-OH is 1. The minimum atomic E-state index is -0.437. The maximum Gasteiger partial charge on any atom is 0.223 e. The van der Waals surface area contributed by atoms with E-state index in [-0.39, 0.29) is 37.2 Å². The summed E-state index contributed by atoms with van der Waals surface area (Å²) in [7, 11) is 0. The second kappa shape index (κ2) is 9.23. The van der Waals surface area contributed by atoms with Gasteiger partial charge in [-0.15, -0.1) is 24.8 Å². The van der Waals surface area contributed by atoms with E-state index in [4.69, 9.17) is 0 Å². The highest BCUT2D eigenvalue weighted by Crippen LogP contribution is 2.12. The number of hydrogen-bond acceptors (Lipinski definition) is 4. The summed E-state index contributed by atoms with van der Waals surface area (Å²) in [6.07, 6.45) is 5.42. The summed E-state index contributed by atoms with van der Waals surface area (Å²) < 4.78 is 1.76. The topological polar surface area (TPSA) is 65.7 Å². The minimum absolute atomic E-state index is 0. The number of rotatable bonds is 4. The molecule has 116 valence electrons. The van der Waals surface area contributed by atoms with E-state index in [2.05, 4.69) is 4.90 Å². The first kappa shape index (κ1) is 19.2. The highest BCUT2D eigenvalue weighted by molar-refractivity contribution is 5.85. The summed E-state index contributed by atoms with van der Waals surface area (Å²) in [6.45, 7) is 3.47. The summed E-state index contributed by atoms with van der Waals surface area (Å²) in [5.74, 6) is -0.335. The van der Waals surface area contributed by atoms with Crippen LogP contribution >= 0.6 is 24.8 Å². The number of likely N-dealkylation sites (tertiary alicyclic amines) is 1. The van der Waals surface area contributed by atoms with Gasteiger partial charge < -0.3 is 19.7 Å². The second-order valence-corrected chi connectivity index (χ2v) is 4.73. The highest BCUT2D eigenvalue weighted by Gasteiger charge is 2.12. The maximum atomic E-state index is 11.3. The molecule has 1 aliphatic heterocycles. The van der Waals surface area contributed by atoms with Crippen molar-refractivity contribution < 1.29 is 10.2 Å². The molecule has 2 N–H and O–H groups in total. The quantitative estimate of drug-likeness (QED) is 0.878. The standard InChI is InChI=1S/C13H20N2O3.2ClH/c16-10-11-13(18)12(17)4-7-15(11)9-8-14-5-2-1-3-6-14;;/h4,7,16,18H,1-3,5-6,8-10H2;2*1H. The van der Waals surface area contributed by atoms with Gasteiger partial charge in [-0.1, -0.05) is 6.42 Å². The lowest BCUT2D eigenvalue weighted by Crippen LogP contribution is -2.33. The molecule has 0 unspecified atom stereocenters. The number of aromatic nitrogens is 1. The lowest BCUT2D eigenvalue weighted by molar-refractivity contribution is 0.214. The van der Waals surface area contributed by atoms with Crippen molar-refractivity contribution in [2.75, 3.05) is 19.6 Å². The fraction of sp³-hybridized carbons (Fsp3) is 0.615. The van der Waals surface area contributed by atoms with Gasteiger partial charge in [-0.3, -0.25) is 4.79 Å². The van der Waals surface area contributed by atoms with Crippen LogP contribution in [0.2, 0.25) is 0 Å². The summed E-state index contributed by atoms with van der Waals surface area (Å²) in [4.78, 5) is 13.6. The van der Waals surface area contributed by atoms with Crippen molar-refractivity contribution in [1.82, 2.24) is 9.47 Å². The Morgan fingerprint density at radius 3 is 2.35 bits per heavy atom. The van der Waals surface area contributed by atoms with Crippen LogP contribution in [0, 0.1) is 0 Å². The Morgan fingerprint density at radius 1 is 1.10 bits per heavy atom. The first-order chi connectivity index (χ1) is 8.72. The van der Waals surface area contributed by atoms with Gasteiger partial charge >= 0.3 is 0 Å². The number of piperidine rings is 1. The molecule has 0 amide bonds. The van der Waals surface area contributed by atoms with E-state index in [1.54, 1.807) is 10.8 Å². The zero-order valence-electron chi connectivity index (χ0n) is 11.3. The zero-order chi connectivity index (χ0) is 13.0. The van der Waals surface area contributed by atoms with Crippen LogP contribution in [0.1, 0.15) is 25.0 Å². The zero-order valence-corrected chi connectivity index (χ0v) is 13.0. The molecule has 0 bridgehead atoms. The normalized spacial score (nSPS) is 15.2. The Kier molecular flexibility index (Phi) is 8.89. The van der Waals surface area contributed by atoms with E-state index in [0.717, 1.165) is 19.6 Å². The van der Waals surface area contributed by atoms with E-state index in [1.165, 1.54) is 25.3 Å². The number of aromatic hydroxyl groups is 1. The molecule has 20 heavy (non-hydrogen) atoms. The van der Waals surface area contributed by atoms with E-state index in [1.807, 2.05) is 0 Å². The Balaban J connectivity index is 0.00000180. The second-order valence-electron chi connectivity index (χ2n) is 4.73. The summed E-state index contributed by atoms with van der Waals surface area (Å²) in [5.41, 5.74) is -0.132. The number of hydrogen-bond donors (Lipinski definition) is 2. The van der Waals surface area contributed by atoms with Gasteiger partial charge in [-0.05, 0) is 25.9 Å². The lowest BCUT2D eigenvalue weighted by atomic mass is 10.1. The molecule has 2 heterocycles. The van der Waals surface area contributed by atoms with Crippen molar-refractivity contribution in [2.24, 2.45) is 0 Å². The summed E-state index contributed by atoms with van der Waals surface area (Å²) in [5, 5.41) is 18.8. The van der Waals surface area contributed by atoms with Gasteiger partial charge in [0.15, 0.2) is 5.75 Å². The van der Waals surface area contributed by atoms with Gasteiger partial charge in [0.25, 0.3) is 0 Å². The van der Waals surface area contributed by atoms with E-state index in [9.17, 15) is 15.0 Å². The van der Waals surface area contributed by atoms with E-state index < -0.39 is 5.43 Å². The van der Waals surface area contributed by atoms with E-state index in [0.29, 0.717) is 12.2 Å². The van der Waals surface area contributed by atoms with Gasteiger partial charge in [0, 0.05) is 25.4 Å². The fourth-order valence-corrected chi connectivity index (χ4v) is 2.41. The lowest BCUT2D eigenvalue weighted by Gasteiger charge is -2.27. The van der Waals surface area contributed by atoms with Crippen LogP contribution in [0.5, 0.6) is 5.75 Å². The molecule has 1 aromatic heterocycles. The van der Waals surface area contributed by atoms with Crippen LogP contribution in [-0.2, 0) is 13.2 Å². The number of pyridine rings is 1. The number of nitrogens with zero attached hydrogens (tertiary/aromatic N) is 2. The Labute approximate surface area is 131 Å². The molecule has 2 rings (SSSR count). The average molecular weight is 325 g/mol. The van der Waals surface area contributed by atoms with Crippen LogP contribution in [0.3, 0.4) is 0 Å².